The standard InChI is InChI=1S/C13H14N4O/c1-8-4-3-5-10(9(8)2)17-13(18)11-6-16-12(14)7-15-11/h3-7H,1-2H3,(H2,14,16)(H,17,18). The van der Waals surface area contributed by atoms with E-state index in [9.17, 15) is 4.79 Å². The van der Waals surface area contributed by atoms with Crippen LogP contribution in [0.25, 0.3) is 0 Å². The second-order valence-electron chi connectivity index (χ2n) is 4.03. The van der Waals surface area contributed by atoms with Crippen LogP contribution in [0.15, 0.2) is 30.6 Å². The molecule has 5 heteroatoms. The van der Waals surface area contributed by atoms with E-state index in [4.69, 9.17) is 5.73 Å². The number of nitrogens with two attached hydrogens (primary N) is 1. The van der Waals surface area contributed by atoms with Crippen LogP contribution in [-0.4, -0.2) is 15.9 Å². The minimum atomic E-state index is -0.295. The van der Waals surface area contributed by atoms with Crippen molar-refractivity contribution in [3.8, 4) is 0 Å². The minimum Gasteiger partial charge on any atom is -0.382 e. The molecule has 1 aromatic carbocycles. The molecule has 0 spiro atoms. The molecule has 0 radical (unpaired) electrons. The molecule has 0 aliphatic carbocycles. The molecule has 0 atom stereocenters. The molecule has 0 aliphatic heterocycles. The second-order valence-corrected chi connectivity index (χ2v) is 4.03. The third-order valence-electron chi connectivity index (χ3n) is 2.76. The number of hydrogen-bond acceptors (Lipinski definition) is 4. The fourth-order valence-corrected chi connectivity index (χ4v) is 1.53. The van der Waals surface area contributed by atoms with Crippen LogP contribution in [0.2, 0.25) is 0 Å². The maximum Gasteiger partial charge on any atom is 0.275 e. The van der Waals surface area contributed by atoms with Gasteiger partial charge in [0, 0.05) is 5.69 Å². The van der Waals surface area contributed by atoms with E-state index in [1.54, 1.807) is 0 Å². The van der Waals surface area contributed by atoms with Crippen molar-refractivity contribution in [2.24, 2.45) is 0 Å². The summed E-state index contributed by atoms with van der Waals surface area (Å²) in [6.45, 7) is 3.95. The van der Waals surface area contributed by atoms with Gasteiger partial charge in [-0.3, -0.25) is 4.79 Å². The third-order valence-corrected chi connectivity index (χ3v) is 2.76. The number of aryl methyl sites for hydroxylation is 1. The molecule has 0 unspecified atom stereocenters. The van der Waals surface area contributed by atoms with Crippen molar-refractivity contribution < 1.29 is 4.79 Å². The van der Waals surface area contributed by atoms with Crippen LogP contribution in [0.1, 0.15) is 21.6 Å². The fraction of sp³-hybridized carbons (Fsp3) is 0.154. The molecule has 92 valence electrons. The number of nitrogens with zero attached hydrogens (tertiary/aromatic N) is 2. The van der Waals surface area contributed by atoms with Gasteiger partial charge < -0.3 is 11.1 Å². The maximum atomic E-state index is 11.9. The number of nitrogens with one attached hydrogen (secondary N) is 1. The topological polar surface area (TPSA) is 80.9 Å². The second kappa shape index (κ2) is 4.83. The number of benzene rings is 1. The summed E-state index contributed by atoms with van der Waals surface area (Å²) in [6, 6.07) is 5.74. The average molecular weight is 242 g/mol. The summed E-state index contributed by atoms with van der Waals surface area (Å²) < 4.78 is 0. The van der Waals surface area contributed by atoms with Gasteiger partial charge >= 0.3 is 0 Å². The molecule has 0 bridgehead atoms. The van der Waals surface area contributed by atoms with Crippen LogP contribution in [-0.2, 0) is 0 Å². The van der Waals surface area contributed by atoms with E-state index in [2.05, 4.69) is 15.3 Å². The number of anilines is 2. The number of carbonyl (C=O) groups excluding carboxylic acids is 1. The lowest BCUT2D eigenvalue weighted by molar-refractivity contribution is 0.102. The number of hydrogen-bond donors (Lipinski definition) is 2. The zero-order valence-corrected chi connectivity index (χ0v) is 10.3. The first-order valence-electron chi connectivity index (χ1n) is 5.53. The van der Waals surface area contributed by atoms with E-state index in [-0.39, 0.29) is 11.6 Å². The van der Waals surface area contributed by atoms with Crippen molar-refractivity contribution in [3.05, 3.63) is 47.4 Å². The highest BCUT2D eigenvalue weighted by atomic mass is 16.1. The molecule has 5 nitrogen and oxygen atoms in total. The summed E-state index contributed by atoms with van der Waals surface area (Å²) in [5.74, 6) is -0.00511. The SMILES string of the molecule is Cc1cccc(NC(=O)c2cnc(N)cn2)c1C. The molecule has 3 N–H and O–H groups in total. The smallest absolute Gasteiger partial charge is 0.275 e. The molecular weight excluding hydrogens is 228 g/mol. The lowest BCUT2D eigenvalue weighted by Crippen LogP contribution is -2.15. The first kappa shape index (κ1) is 12.0. The number of amides is 1. The van der Waals surface area contributed by atoms with Crippen LogP contribution in [0, 0.1) is 13.8 Å². The Morgan fingerprint density at radius 2 is 2.00 bits per heavy atom. The van der Waals surface area contributed by atoms with Crippen LogP contribution in [0.4, 0.5) is 11.5 Å². The molecular formula is C13H14N4O. The Bertz CT molecular complexity index is 578. The van der Waals surface area contributed by atoms with Crippen molar-refractivity contribution in [1.82, 2.24) is 9.97 Å². The summed E-state index contributed by atoms with van der Waals surface area (Å²) >= 11 is 0. The summed E-state index contributed by atoms with van der Waals surface area (Å²) in [4.78, 5) is 19.7. The van der Waals surface area contributed by atoms with E-state index in [0.29, 0.717) is 5.82 Å². The van der Waals surface area contributed by atoms with Gasteiger partial charge in [0.25, 0.3) is 5.91 Å². The van der Waals surface area contributed by atoms with Crippen molar-refractivity contribution >= 4 is 17.4 Å². The molecule has 0 saturated heterocycles. The zero-order chi connectivity index (χ0) is 13.1. The summed E-state index contributed by atoms with van der Waals surface area (Å²) in [6.07, 6.45) is 2.72. The quantitative estimate of drug-likeness (QED) is 0.843. The normalized spacial score (nSPS) is 10.1. The molecule has 0 fully saturated rings. The maximum absolute atomic E-state index is 11.9. The predicted molar refractivity (Wildman–Crippen MR) is 70.3 cm³/mol. The van der Waals surface area contributed by atoms with Crippen LogP contribution >= 0.6 is 0 Å². The van der Waals surface area contributed by atoms with Crippen LogP contribution in [0.5, 0.6) is 0 Å². The number of carbonyl (C=O) groups is 1. The van der Waals surface area contributed by atoms with Gasteiger partial charge in [-0.1, -0.05) is 12.1 Å². The van der Waals surface area contributed by atoms with Crippen molar-refractivity contribution in [2.75, 3.05) is 11.1 Å². The highest BCUT2D eigenvalue weighted by molar-refractivity contribution is 6.03. The summed E-state index contributed by atoms with van der Waals surface area (Å²) in [7, 11) is 0. The Hall–Kier alpha value is -2.43. The summed E-state index contributed by atoms with van der Waals surface area (Å²) in [5.41, 5.74) is 8.59. The third kappa shape index (κ3) is 2.45. The molecule has 0 saturated carbocycles. The van der Waals surface area contributed by atoms with Crippen molar-refractivity contribution in [2.45, 2.75) is 13.8 Å². The molecule has 1 aromatic heterocycles. The first-order valence-corrected chi connectivity index (χ1v) is 5.53. The van der Waals surface area contributed by atoms with Gasteiger partial charge in [-0.2, -0.15) is 0 Å². The van der Waals surface area contributed by atoms with Gasteiger partial charge in [0.2, 0.25) is 0 Å². The van der Waals surface area contributed by atoms with Gasteiger partial charge in [0.05, 0.1) is 12.4 Å². The molecule has 1 heterocycles. The average Bonchev–Trinajstić information content (AvgIpc) is 2.36. The minimum absolute atomic E-state index is 0.241. The van der Waals surface area contributed by atoms with E-state index in [1.165, 1.54) is 12.4 Å². The number of rotatable bonds is 2. The first-order chi connectivity index (χ1) is 8.58. The highest BCUT2D eigenvalue weighted by Crippen LogP contribution is 2.18. The predicted octanol–water partition coefficient (Wildman–Crippen LogP) is 1.93. The molecule has 18 heavy (non-hydrogen) atoms. The van der Waals surface area contributed by atoms with E-state index in [1.807, 2.05) is 32.0 Å². The lowest BCUT2D eigenvalue weighted by atomic mass is 10.1. The van der Waals surface area contributed by atoms with Gasteiger partial charge in [-0.25, -0.2) is 9.97 Å². The van der Waals surface area contributed by atoms with Crippen LogP contribution < -0.4 is 11.1 Å². The zero-order valence-electron chi connectivity index (χ0n) is 10.3. The van der Waals surface area contributed by atoms with Gasteiger partial charge in [0.15, 0.2) is 0 Å². The molecule has 2 aromatic rings. The Balaban J connectivity index is 2.21. The van der Waals surface area contributed by atoms with Gasteiger partial charge in [-0.05, 0) is 31.0 Å². The number of aromatic nitrogens is 2. The monoisotopic (exact) mass is 242 g/mol. The Kier molecular flexibility index (Phi) is 3.23. The highest BCUT2D eigenvalue weighted by Gasteiger charge is 2.09. The molecule has 0 aliphatic rings. The van der Waals surface area contributed by atoms with Gasteiger partial charge in [0.1, 0.15) is 11.5 Å². The number of nitrogen functional groups attached to an aromatic ring is 1. The van der Waals surface area contributed by atoms with Gasteiger partial charge in [-0.15, -0.1) is 0 Å². The van der Waals surface area contributed by atoms with E-state index < -0.39 is 0 Å². The van der Waals surface area contributed by atoms with Crippen molar-refractivity contribution in [3.63, 3.8) is 0 Å². The van der Waals surface area contributed by atoms with Crippen molar-refractivity contribution in [1.29, 1.82) is 0 Å². The van der Waals surface area contributed by atoms with E-state index >= 15 is 0 Å². The lowest BCUT2D eigenvalue weighted by Gasteiger charge is -2.09. The Morgan fingerprint density at radius 1 is 1.22 bits per heavy atom. The Morgan fingerprint density at radius 3 is 2.67 bits per heavy atom. The molecule has 2 rings (SSSR count). The van der Waals surface area contributed by atoms with E-state index in [0.717, 1.165) is 16.8 Å². The Labute approximate surface area is 105 Å². The largest absolute Gasteiger partial charge is 0.382 e. The van der Waals surface area contributed by atoms with Crippen LogP contribution in [0.3, 0.4) is 0 Å². The molecule has 1 amide bonds. The fourth-order valence-electron chi connectivity index (χ4n) is 1.53. The summed E-state index contributed by atoms with van der Waals surface area (Å²) in [5, 5.41) is 2.80.